The van der Waals surface area contributed by atoms with Crippen LogP contribution in [0.25, 0.3) is 6.08 Å². The van der Waals surface area contributed by atoms with Crippen molar-refractivity contribution in [1.82, 2.24) is 0 Å². The summed E-state index contributed by atoms with van der Waals surface area (Å²) in [5.74, 6) is -0.0185. The first kappa shape index (κ1) is 24.0. The number of hydrogen-bond donors (Lipinski definition) is 1. The summed E-state index contributed by atoms with van der Waals surface area (Å²) in [5, 5.41) is 12.4. The van der Waals surface area contributed by atoms with E-state index in [0.29, 0.717) is 32.8 Å². The third kappa shape index (κ3) is 6.21. The number of anilines is 1. The Bertz CT molecular complexity index is 1260. The van der Waals surface area contributed by atoms with Crippen LogP contribution >= 0.6 is 15.9 Å². The van der Waals surface area contributed by atoms with Gasteiger partial charge in [-0.15, -0.1) is 0 Å². The van der Waals surface area contributed by atoms with Crippen LogP contribution in [0.5, 0.6) is 11.5 Å². The summed E-state index contributed by atoms with van der Waals surface area (Å²) in [7, 11) is 1.49. The van der Waals surface area contributed by atoms with Gasteiger partial charge in [-0.1, -0.05) is 24.3 Å². The Hall–Kier alpha value is -3.63. The smallest absolute Gasteiger partial charge is 0.266 e. The maximum Gasteiger partial charge on any atom is 0.266 e. The molecule has 0 heterocycles. The van der Waals surface area contributed by atoms with Crippen LogP contribution in [0.1, 0.15) is 22.3 Å². The second kappa shape index (κ2) is 10.8. The maximum atomic E-state index is 13.4. The van der Waals surface area contributed by atoms with Crippen molar-refractivity contribution in [3.63, 3.8) is 0 Å². The molecule has 0 bridgehead atoms. The molecule has 0 saturated heterocycles. The summed E-state index contributed by atoms with van der Waals surface area (Å²) in [5.41, 5.74) is 3.74. The fourth-order valence-corrected chi connectivity index (χ4v) is 3.70. The molecule has 1 N–H and O–H groups in total. The quantitative estimate of drug-likeness (QED) is 0.298. The summed E-state index contributed by atoms with van der Waals surface area (Å²) in [4.78, 5) is 12.7. The molecule has 0 saturated carbocycles. The number of hydrogen-bond acceptors (Lipinski definition) is 4. The van der Waals surface area contributed by atoms with E-state index < -0.39 is 5.91 Å². The van der Waals surface area contributed by atoms with E-state index in [4.69, 9.17) is 9.47 Å². The van der Waals surface area contributed by atoms with Crippen molar-refractivity contribution in [2.45, 2.75) is 20.5 Å². The zero-order valence-corrected chi connectivity index (χ0v) is 20.0. The van der Waals surface area contributed by atoms with E-state index in [1.165, 1.54) is 25.3 Å². The van der Waals surface area contributed by atoms with Crippen molar-refractivity contribution < 1.29 is 18.7 Å². The van der Waals surface area contributed by atoms with Gasteiger partial charge in [-0.25, -0.2) is 4.39 Å². The third-order valence-corrected chi connectivity index (χ3v) is 5.43. The molecule has 5 nitrogen and oxygen atoms in total. The van der Waals surface area contributed by atoms with Crippen molar-refractivity contribution in [3.8, 4) is 17.6 Å². The van der Waals surface area contributed by atoms with Crippen molar-refractivity contribution in [2.75, 3.05) is 12.4 Å². The Balaban J connectivity index is 1.84. The highest BCUT2D eigenvalue weighted by Gasteiger charge is 2.15. The molecule has 1 amide bonds. The second-order valence-corrected chi connectivity index (χ2v) is 8.25. The molecule has 0 unspecified atom stereocenters. The fourth-order valence-electron chi connectivity index (χ4n) is 3.12. The van der Waals surface area contributed by atoms with E-state index in [1.807, 2.05) is 38.1 Å². The van der Waals surface area contributed by atoms with E-state index in [-0.39, 0.29) is 18.0 Å². The highest BCUT2D eigenvalue weighted by atomic mass is 79.9. The first-order valence-electron chi connectivity index (χ1n) is 10.1. The number of aryl methyl sites for hydroxylation is 2. The summed E-state index contributed by atoms with van der Waals surface area (Å²) < 4.78 is 25.3. The van der Waals surface area contributed by atoms with Crippen molar-refractivity contribution in [2.24, 2.45) is 0 Å². The van der Waals surface area contributed by atoms with Gasteiger partial charge in [0.1, 0.15) is 24.1 Å². The lowest BCUT2D eigenvalue weighted by Crippen LogP contribution is -2.14. The summed E-state index contributed by atoms with van der Waals surface area (Å²) >= 11 is 3.46. The molecule has 0 spiro atoms. The zero-order valence-electron chi connectivity index (χ0n) is 18.4. The molecule has 3 aromatic carbocycles. The average Bonchev–Trinajstić information content (AvgIpc) is 2.78. The average molecular weight is 509 g/mol. The van der Waals surface area contributed by atoms with Gasteiger partial charge in [0.25, 0.3) is 5.91 Å². The third-order valence-electron chi connectivity index (χ3n) is 4.84. The van der Waals surface area contributed by atoms with Crippen molar-refractivity contribution >= 4 is 33.6 Å². The molecule has 168 valence electrons. The lowest BCUT2D eigenvalue weighted by Gasteiger charge is -2.14. The molecule has 33 heavy (non-hydrogen) atoms. The zero-order chi connectivity index (χ0) is 24.0. The van der Waals surface area contributed by atoms with E-state index in [0.717, 1.165) is 11.1 Å². The van der Waals surface area contributed by atoms with E-state index in [1.54, 1.807) is 24.3 Å². The molecule has 0 atom stereocenters. The maximum absolute atomic E-state index is 13.4. The number of methoxy groups -OCH3 is 1. The summed E-state index contributed by atoms with van der Waals surface area (Å²) in [6.07, 6.45) is 1.48. The van der Waals surface area contributed by atoms with Crippen LogP contribution in [-0.2, 0) is 11.4 Å². The molecular formula is C26H22BrFN2O3. The Labute approximate surface area is 200 Å². The fraction of sp³-hybridized carbons (Fsp3) is 0.154. The predicted molar refractivity (Wildman–Crippen MR) is 130 cm³/mol. The Kier molecular flexibility index (Phi) is 7.86. The van der Waals surface area contributed by atoms with Gasteiger partial charge in [0, 0.05) is 5.69 Å². The second-order valence-electron chi connectivity index (χ2n) is 7.40. The lowest BCUT2D eigenvalue weighted by atomic mass is 10.1. The van der Waals surface area contributed by atoms with Gasteiger partial charge in [0.15, 0.2) is 11.5 Å². The standard InChI is InChI=1S/C26H22BrFN2O3/c1-16-7-8-17(2)23(9-16)30-26(31)20(14-29)10-19-12-22(27)25(24(13-19)32-3)33-15-18-5-4-6-21(28)11-18/h4-13H,15H2,1-3H3,(H,30,31)/b20-10+. The van der Waals surface area contributed by atoms with Crippen LogP contribution in [0, 0.1) is 31.0 Å². The summed E-state index contributed by atoms with van der Waals surface area (Å²) in [6.45, 7) is 3.96. The minimum atomic E-state index is -0.507. The van der Waals surface area contributed by atoms with Crippen LogP contribution in [0.4, 0.5) is 10.1 Å². The van der Waals surface area contributed by atoms with Crippen LogP contribution < -0.4 is 14.8 Å². The van der Waals surface area contributed by atoms with Gasteiger partial charge in [-0.3, -0.25) is 4.79 Å². The molecule has 0 fully saturated rings. The Morgan fingerprint density at radius 2 is 1.97 bits per heavy atom. The van der Waals surface area contributed by atoms with Crippen LogP contribution in [0.15, 0.2) is 64.6 Å². The number of carbonyl (C=O) groups is 1. The number of nitriles is 1. The largest absolute Gasteiger partial charge is 0.493 e. The SMILES string of the molecule is COc1cc(/C=C(\C#N)C(=O)Nc2cc(C)ccc2C)cc(Br)c1OCc1cccc(F)c1. The molecule has 0 aromatic heterocycles. The molecule has 3 rings (SSSR count). The van der Waals surface area contributed by atoms with Crippen molar-refractivity contribution in [3.05, 3.63) is 92.7 Å². The van der Waals surface area contributed by atoms with Gasteiger partial charge in [0.05, 0.1) is 11.6 Å². The van der Waals surface area contributed by atoms with Gasteiger partial charge >= 0.3 is 0 Å². The number of halogens is 2. The van der Waals surface area contributed by atoms with Crippen LogP contribution in [0.2, 0.25) is 0 Å². The first-order chi connectivity index (χ1) is 15.8. The highest BCUT2D eigenvalue weighted by Crippen LogP contribution is 2.38. The minimum absolute atomic E-state index is 0.0571. The van der Waals surface area contributed by atoms with Crippen LogP contribution in [-0.4, -0.2) is 13.0 Å². The molecule has 0 aliphatic heterocycles. The molecule has 7 heteroatoms. The monoisotopic (exact) mass is 508 g/mol. The molecule has 0 radical (unpaired) electrons. The molecule has 0 aliphatic carbocycles. The molecular weight excluding hydrogens is 487 g/mol. The number of benzene rings is 3. The van der Waals surface area contributed by atoms with Crippen LogP contribution in [0.3, 0.4) is 0 Å². The number of rotatable bonds is 7. The van der Waals surface area contributed by atoms with Crippen molar-refractivity contribution in [1.29, 1.82) is 5.26 Å². The lowest BCUT2D eigenvalue weighted by molar-refractivity contribution is -0.112. The van der Waals surface area contributed by atoms with Gasteiger partial charge < -0.3 is 14.8 Å². The van der Waals surface area contributed by atoms with E-state index >= 15 is 0 Å². The number of nitrogens with one attached hydrogen (secondary N) is 1. The number of amides is 1. The summed E-state index contributed by atoms with van der Waals surface area (Å²) in [6, 6.07) is 17.2. The first-order valence-corrected chi connectivity index (χ1v) is 10.8. The predicted octanol–water partition coefficient (Wildman–Crippen LogP) is 6.34. The highest BCUT2D eigenvalue weighted by molar-refractivity contribution is 9.10. The van der Waals surface area contributed by atoms with E-state index in [9.17, 15) is 14.4 Å². The van der Waals surface area contributed by atoms with Gasteiger partial charge in [-0.2, -0.15) is 5.26 Å². The Morgan fingerprint density at radius 3 is 2.67 bits per heavy atom. The minimum Gasteiger partial charge on any atom is -0.493 e. The number of carbonyl (C=O) groups excluding carboxylic acids is 1. The molecule has 3 aromatic rings. The van der Waals surface area contributed by atoms with Gasteiger partial charge in [-0.05, 0) is 88.4 Å². The normalized spacial score (nSPS) is 11.0. The topological polar surface area (TPSA) is 71.3 Å². The molecule has 0 aliphatic rings. The van der Waals surface area contributed by atoms with Gasteiger partial charge in [0.2, 0.25) is 0 Å². The Morgan fingerprint density at radius 1 is 1.18 bits per heavy atom. The number of nitrogens with zero attached hydrogens (tertiary/aromatic N) is 1. The van der Waals surface area contributed by atoms with E-state index in [2.05, 4.69) is 21.2 Å². The number of ether oxygens (including phenoxy) is 2.